The minimum atomic E-state index is -4.76. The number of hydrogen-bond acceptors (Lipinski definition) is 9. The Hall–Kier alpha value is -4.65. The molecule has 224 valence electrons. The molecule has 0 radical (unpaired) electrons. The summed E-state index contributed by atoms with van der Waals surface area (Å²) in [5.74, 6) is -1.06. The zero-order chi connectivity index (χ0) is 30.4. The summed E-state index contributed by atoms with van der Waals surface area (Å²) in [6, 6.07) is 14.7. The number of nitrogens with zero attached hydrogens (tertiary/aromatic N) is 3. The van der Waals surface area contributed by atoms with Crippen LogP contribution in [-0.4, -0.2) is 52.9 Å². The molecule has 10 nitrogen and oxygen atoms in total. The SMILES string of the molecule is Nc1nc(OC(c2ccc(-c3ccc4ccc(=O)oc4c3)cc2)C(F)(F)F)cc(N2CCC3(CC2)CN[C@H](C(=O)O)C3)n1. The molecule has 0 amide bonds. The molecule has 13 heteroatoms. The number of aliphatic carboxylic acids is 1. The zero-order valence-electron chi connectivity index (χ0n) is 22.8. The number of carboxylic acid groups (broad SMARTS) is 1. The first-order chi connectivity index (χ1) is 20.5. The lowest BCUT2D eigenvalue weighted by atomic mass is 9.76. The minimum Gasteiger partial charge on any atom is -0.480 e. The first-order valence-corrected chi connectivity index (χ1v) is 13.7. The number of halogens is 3. The van der Waals surface area contributed by atoms with Gasteiger partial charge in [-0.2, -0.15) is 23.1 Å². The van der Waals surface area contributed by atoms with Crippen LogP contribution in [0, 0.1) is 5.41 Å². The Morgan fingerprint density at radius 2 is 1.77 bits per heavy atom. The topological polar surface area (TPSA) is 144 Å². The van der Waals surface area contributed by atoms with E-state index in [0.29, 0.717) is 61.4 Å². The molecule has 0 bridgehead atoms. The van der Waals surface area contributed by atoms with Gasteiger partial charge >= 0.3 is 17.8 Å². The summed E-state index contributed by atoms with van der Waals surface area (Å²) < 4.78 is 53.4. The number of ether oxygens (including phenoxy) is 1. The van der Waals surface area contributed by atoms with Crippen LogP contribution in [0.3, 0.4) is 0 Å². The monoisotopic (exact) mass is 595 g/mol. The van der Waals surface area contributed by atoms with Crippen LogP contribution >= 0.6 is 0 Å². The predicted octanol–water partition coefficient (Wildman–Crippen LogP) is 4.55. The number of rotatable bonds is 6. The van der Waals surface area contributed by atoms with Crippen LogP contribution in [0.15, 0.2) is 69.9 Å². The van der Waals surface area contributed by atoms with E-state index in [9.17, 15) is 27.9 Å². The average molecular weight is 596 g/mol. The van der Waals surface area contributed by atoms with Crippen molar-refractivity contribution in [1.29, 1.82) is 0 Å². The highest BCUT2D eigenvalue weighted by Gasteiger charge is 2.45. The van der Waals surface area contributed by atoms with Crippen molar-refractivity contribution in [3.8, 4) is 17.0 Å². The highest BCUT2D eigenvalue weighted by Crippen LogP contribution is 2.41. The van der Waals surface area contributed by atoms with Gasteiger partial charge in [0, 0.05) is 42.7 Å². The number of aromatic nitrogens is 2. The van der Waals surface area contributed by atoms with Gasteiger partial charge in [-0.3, -0.25) is 4.79 Å². The molecule has 2 aromatic carbocycles. The number of nitrogen functional groups attached to an aromatic ring is 1. The van der Waals surface area contributed by atoms with Crippen molar-refractivity contribution >= 4 is 28.7 Å². The van der Waals surface area contributed by atoms with Gasteiger partial charge < -0.3 is 30.2 Å². The molecule has 2 atom stereocenters. The normalized spacial score (nSPS) is 19.0. The summed E-state index contributed by atoms with van der Waals surface area (Å²) in [5, 5.41) is 13.1. The lowest BCUT2D eigenvalue weighted by Crippen LogP contribution is -2.41. The van der Waals surface area contributed by atoms with Crippen molar-refractivity contribution in [3.05, 3.63) is 76.6 Å². The summed E-state index contributed by atoms with van der Waals surface area (Å²) in [6.45, 7) is 1.67. The smallest absolute Gasteiger partial charge is 0.429 e. The van der Waals surface area contributed by atoms with Gasteiger partial charge in [-0.1, -0.05) is 36.4 Å². The third-order valence-electron chi connectivity index (χ3n) is 8.22. The molecule has 1 spiro atoms. The van der Waals surface area contributed by atoms with Crippen LogP contribution in [0.2, 0.25) is 0 Å². The standard InChI is InChI=1S/C30H28F3N5O5/c31-30(32,33)26(19-4-1-17(2-5-19)20-6-3-18-7-8-25(39)42-22(18)13-20)43-24-14-23(36-28(34)37-24)38-11-9-29(10-12-38)15-21(27(40)41)35-16-29/h1-8,13-14,21,26,35H,9-12,15-16H2,(H,40,41)(H2,34,36,37)/t21-,26?/m0/s1. The van der Waals surface area contributed by atoms with Gasteiger partial charge in [0.25, 0.3) is 0 Å². The van der Waals surface area contributed by atoms with Crippen molar-refractivity contribution < 1.29 is 32.2 Å². The number of carboxylic acids is 1. The van der Waals surface area contributed by atoms with E-state index in [-0.39, 0.29) is 22.8 Å². The first kappa shape index (κ1) is 28.5. The van der Waals surface area contributed by atoms with Crippen molar-refractivity contribution in [1.82, 2.24) is 15.3 Å². The van der Waals surface area contributed by atoms with Crippen LogP contribution in [0.4, 0.5) is 24.9 Å². The predicted molar refractivity (Wildman–Crippen MR) is 152 cm³/mol. The van der Waals surface area contributed by atoms with E-state index in [1.54, 1.807) is 24.3 Å². The maximum atomic E-state index is 14.2. The highest BCUT2D eigenvalue weighted by molar-refractivity contribution is 5.82. The van der Waals surface area contributed by atoms with E-state index in [1.165, 1.54) is 36.4 Å². The third kappa shape index (κ3) is 5.98. The van der Waals surface area contributed by atoms with E-state index < -0.39 is 29.9 Å². The van der Waals surface area contributed by atoms with Crippen LogP contribution in [0.1, 0.15) is 30.9 Å². The van der Waals surface area contributed by atoms with E-state index in [1.807, 2.05) is 4.90 Å². The van der Waals surface area contributed by atoms with Crippen molar-refractivity contribution in [2.75, 3.05) is 30.3 Å². The maximum Gasteiger partial charge on any atom is 0.429 e. The molecular weight excluding hydrogens is 567 g/mol. The van der Waals surface area contributed by atoms with E-state index in [2.05, 4.69) is 15.3 Å². The number of fused-ring (bicyclic) bond motifs is 1. The molecular formula is C30H28F3N5O5. The number of piperidine rings is 1. The second-order valence-corrected chi connectivity index (χ2v) is 11.1. The quantitative estimate of drug-likeness (QED) is 0.272. The van der Waals surface area contributed by atoms with E-state index in [0.717, 1.165) is 5.39 Å². The Kier molecular flexibility index (Phi) is 7.20. The van der Waals surface area contributed by atoms with E-state index in [4.69, 9.17) is 14.9 Å². The fourth-order valence-corrected chi connectivity index (χ4v) is 5.87. The van der Waals surface area contributed by atoms with Crippen LogP contribution in [0.5, 0.6) is 5.88 Å². The van der Waals surface area contributed by atoms with E-state index >= 15 is 0 Å². The summed E-state index contributed by atoms with van der Waals surface area (Å²) in [4.78, 5) is 33.0. The van der Waals surface area contributed by atoms with Gasteiger partial charge in [-0.15, -0.1) is 0 Å². The van der Waals surface area contributed by atoms with Crippen molar-refractivity contribution in [3.63, 3.8) is 0 Å². The van der Waals surface area contributed by atoms with Crippen LogP contribution in [-0.2, 0) is 4.79 Å². The van der Waals surface area contributed by atoms with Crippen LogP contribution < -0.4 is 26.3 Å². The van der Waals surface area contributed by atoms with Gasteiger partial charge in [0.05, 0.1) is 0 Å². The molecule has 0 saturated carbocycles. The molecule has 6 rings (SSSR count). The number of carbonyl (C=O) groups is 1. The van der Waals surface area contributed by atoms with Crippen LogP contribution in [0.25, 0.3) is 22.1 Å². The average Bonchev–Trinajstić information content (AvgIpc) is 3.39. The minimum absolute atomic E-state index is 0.135. The second-order valence-electron chi connectivity index (χ2n) is 11.1. The Labute approximate surface area is 243 Å². The fourth-order valence-electron chi connectivity index (χ4n) is 5.87. The number of nitrogens with one attached hydrogen (secondary N) is 1. The maximum absolute atomic E-state index is 14.2. The lowest BCUT2D eigenvalue weighted by Gasteiger charge is -2.39. The van der Waals surface area contributed by atoms with Crippen molar-refractivity contribution in [2.45, 2.75) is 37.6 Å². The summed E-state index contributed by atoms with van der Waals surface area (Å²) >= 11 is 0. The van der Waals surface area contributed by atoms with Gasteiger partial charge in [0.2, 0.25) is 17.9 Å². The Morgan fingerprint density at radius 1 is 1.07 bits per heavy atom. The van der Waals surface area contributed by atoms with Gasteiger partial charge in [-0.05, 0) is 47.9 Å². The highest BCUT2D eigenvalue weighted by atomic mass is 19.4. The lowest BCUT2D eigenvalue weighted by molar-refractivity contribution is -0.198. The molecule has 2 aliphatic heterocycles. The van der Waals surface area contributed by atoms with Crippen molar-refractivity contribution in [2.24, 2.45) is 5.41 Å². The fraction of sp³-hybridized carbons (Fsp3) is 0.333. The molecule has 2 fully saturated rings. The number of benzene rings is 2. The zero-order valence-corrected chi connectivity index (χ0v) is 22.8. The Balaban J connectivity index is 1.20. The van der Waals surface area contributed by atoms with Gasteiger partial charge in [0.15, 0.2) is 0 Å². The molecule has 2 aliphatic rings. The summed E-state index contributed by atoms with van der Waals surface area (Å²) in [5.41, 5.74) is 6.76. The molecule has 2 aromatic heterocycles. The number of alkyl halides is 3. The number of anilines is 2. The third-order valence-corrected chi connectivity index (χ3v) is 8.22. The Morgan fingerprint density at radius 3 is 2.44 bits per heavy atom. The van der Waals surface area contributed by atoms with Gasteiger partial charge in [-0.25, -0.2) is 4.79 Å². The molecule has 0 aliphatic carbocycles. The summed E-state index contributed by atoms with van der Waals surface area (Å²) in [7, 11) is 0. The summed E-state index contributed by atoms with van der Waals surface area (Å²) in [6.07, 6.45) is -5.16. The molecule has 4 heterocycles. The van der Waals surface area contributed by atoms with Gasteiger partial charge in [0.1, 0.15) is 17.4 Å². The molecule has 1 unspecified atom stereocenters. The molecule has 43 heavy (non-hydrogen) atoms. The molecule has 4 N–H and O–H groups in total. The molecule has 2 saturated heterocycles. The Bertz CT molecular complexity index is 1720. The number of nitrogens with two attached hydrogens (primary N) is 1. The molecule has 4 aromatic rings. The number of hydrogen-bond donors (Lipinski definition) is 3. The first-order valence-electron chi connectivity index (χ1n) is 13.7. The largest absolute Gasteiger partial charge is 0.480 e. The second kappa shape index (κ2) is 10.9.